The fraction of sp³-hybridized carbons (Fsp3) is 0.750. The van der Waals surface area contributed by atoms with E-state index in [4.69, 9.17) is 14.2 Å². The number of allylic oxidation sites excluding steroid dienone is 16. The van der Waals surface area contributed by atoms with Crippen molar-refractivity contribution in [1.29, 1.82) is 0 Å². The molecule has 0 aromatic rings. The summed E-state index contributed by atoms with van der Waals surface area (Å²) in [5, 5.41) is 0. The van der Waals surface area contributed by atoms with E-state index in [1.165, 1.54) is 186 Å². The molecule has 0 radical (unpaired) electrons. The van der Waals surface area contributed by atoms with Gasteiger partial charge >= 0.3 is 17.9 Å². The predicted octanol–water partition coefficient (Wildman–Crippen LogP) is 24.4. The van der Waals surface area contributed by atoms with E-state index in [-0.39, 0.29) is 31.1 Å². The van der Waals surface area contributed by atoms with Gasteiger partial charge in [-0.2, -0.15) is 0 Å². The highest BCUT2D eigenvalue weighted by atomic mass is 16.6. The molecule has 0 aromatic heterocycles. The molecular weight excluding hydrogens is 1010 g/mol. The summed E-state index contributed by atoms with van der Waals surface area (Å²) in [7, 11) is 0. The highest BCUT2D eigenvalue weighted by Crippen LogP contribution is 2.17. The quantitative estimate of drug-likeness (QED) is 0.0261. The number of hydrogen-bond donors (Lipinski definition) is 0. The highest BCUT2D eigenvalue weighted by Gasteiger charge is 2.19. The van der Waals surface area contributed by atoms with Gasteiger partial charge in [0.25, 0.3) is 0 Å². The largest absolute Gasteiger partial charge is 0.462 e. The van der Waals surface area contributed by atoms with Gasteiger partial charge in [0.2, 0.25) is 0 Å². The first kappa shape index (κ1) is 78.3. The van der Waals surface area contributed by atoms with Gasteiger partial charge in [-0.15, -0.1) is 0 Å². The second-order valence-electron chi connectivity index (χ2n) is 23.4. The molecular formula is C76H132O6. The van der Waals surface area contributed by atoms with E-state index in [1.807, 2.05) is 0 Å². The first-order chi connectivity index (χ1) is 40.5. The SMILES string of the molecule is CC/C=C\C/C=C\C/C=C\C/C=C\C/C=C\C/C=C\C/C=C\CCCCCCCC(=O)OCC(COC(=O)CCCCCCCCCCCCCCCCCC)OC(=O)CCCCCCCCCCC/C=C\CCCCCCCCCC. The zero-order valence-corrected chi connectivity index (χ0v) is 54.2. The van der Waals surface area contributed by atoms with Crippen molar-refractivity contribution in [3.8, 4) is 0 Å². The molecule has 0 fully saturated rings. The molecule has 82 heavy (non-hydrogen) atoms. The Labute approximate surface area is 508 Å². The van der Waals surface area contributed by atoms with Crippen LogP contribution in [-0.2, 0) is 28.6 Å². The Balaban J connectivity index is 4.39. The maximum atomic E-state index is 13.0. The normalized spacial score (nSPS) is 12.7. The molecule has 0 aliphatic carbocycles. The number of hydrogen-bond acceptors (Lipinski definition) is 6. The molecule has 0 spiro atoms. The lowest BCUT2D eigenvalue weighted by Gasteiger charge is -2.18. The maximum absolute atomic E-state index is 13.0. The van der Waals surface area contributed by atoms with E-state index in [0.29, 0.717) is 19.3 Å². The Morgan fingerprint density at radius 2 is 0.476 bits per heavy atom. The molecule has 0 N–H and O–H groups in total. The number of ether oxygens (including phenoxy) is 3. The minimum Gasteiger partial charge on any atom is -0.462 e. The molecule has 6 nitrogen and oxygen atoms in total. The van der Waals surface area contributed by atoms with Crippen LogP contribution >= 0.6 is 0 Å². The zero-order chi connectivity index (χ0) is 59.2. The number of carbonyl (C=O) groups excluding carboxylic acids is 3. The molecule has 0 aliphatic heterocycles. The van der Waals surface area contributed by atoms with E-state index < -0.39 is 6.10 Å². The zero-order valence-electron chi connectivity index (χ0n) is 54.2. The first-order valence-corrected chi connectivity index (χ1v) is 35.2. The van der Waals surface area contributed by atoms with Crippen LogP contribution < -0.4 is 0 Å². The van der Waals surface area contributed by atoms with Crippen molar-refractivity contribution in [2.45, 2.75) is 354 Å². The summed E-state index contributed by atoms with van der Waals surface area (Å²) < 4.78 is 17.0. The van der Waals surface area contributed by atoms with Gasteiger partial charge in [0.1, 0.15) is 13.2 Å². The lowest BCUT2D eigenvalue weighted by molar-refractivity contribution is -0.167. The van der Waals surface area contributed by atoms with Gasteiger partial charge in [-0.1, -0.05) is 323 Å². The summed E-state index contributed by atoms with van der Waals surface area (Å²) in [6, 6.07) is 0. The molecule has 0 bridgehead atoms. The predicted molar refractivity (Wildman–Crippen MR) is 357 cm³/mol. The number of esters is 3. The van der Waals surface area contributed by atoms with Crippen LogP contribution in [0.5, 0.6) is 0 Å². The van der Waals surface area contributed by atoms with E-state index in [9.17, 15) is 14.4 Å². The van der Waals surface area contributed by atoms with Crippen LogP contribution in [0.25, 0.3) is 0 Å². The number of unbranched alkanes of at least 4 members (excludes halogenated alkanes) is 37. The van der Waals surface area contributed by atoms with Gasteiger partial charge in [0.15, 0.2) is 6.10 Å². The van der Waals surface area contributed by atoms with Crippen LogP contribution in [0.4, 0.5) is 0 Å². The lowest BCUT2D eigenvalue weighted by atomic mass is 10.0. The number of carbonyl (C=O) groups is 3. The van der Waals surface area contributed by atoms with Gasteiger partial charge in [0, 0.05) is 19.3 Å². The summed E-state index contributed by atoms with van der Waals surface area (Å²) >= 11 is 0. The number of rotatable bonds is 64. The van der Waals surface area contributed by atoms with Crippen molar-refractivity contribution in [2.75, 3.05) is 13.2 Å². The van der Waals surface area contributed by atoms with Crippen molar-refractivity contribution < 1.29 is 28.6 Å². The summed E-state index contributed by atoms with van der Waals surface area (Å²) in [4.78, 5) is 38.5. The Kier molecular flexibility index (Phi) is 66.7. The van der Waals surface area contributed by atoms with Crippen molar-refractivity contribution in [2.24, 2.45) is 0 Å². The van der Waals surface area contributed by atoms with Gasteiger partial charge < -0.3 is 14.2 Å². The van der Waals surface area contributed by atoms with Crippen LogP contribution in [0.3, 0.4) is 0 Å². The minimum absolute atomic E-state index is 0.0812. The molecule has 0 rings (SSSR count). The standard InChI is InChI=1S/C76H132O6/c1-4-7-10-13-16-19-22-25-28-31-33-35-36-37-38-39-40-42-43-45-48-51-54-57-60-63-66-69-75(78)81-72-73(71-80-74(77)68-65-62-59-56-53-50-47-30-27-24-21-18-15-12-9-6-3)82-76(79)70-67-64-61-58-55-52-49-46-44-41-34-32-29-26-23-20-17-14-11-8-5-2/h7,10,16,19,25,28,32-35,37-38,40,42,45,48,73H,4-6,8-9,11-15,17-18,20-24,26-27,29-31,36,39,41,43-44,46-47,49-72H2,1-3H3/b10-7-,19-16-,28-25-,34-32-,35-33-,38-37-,42-40-,48-45-. The second kappa shape index (κ2) is 69.8. The molecule has 0 heterocycles. The molecule has 472 valence electrons. The molecule has 0 saturated heterocycles. The Morgan fingerprint density at radius 3 is 0.756 bits per heavy atom. The van der Waals surface area contributed by atoms with Crippen molar-refractivity contribution >= 4 is 17.9 Å². The summed E-state index contributed by atoms with van der Waals surface area (Å²) in [6.45, 7) is 6.56. The van der Waals surface area contributed by atoms with Crippen LogP contribution in [-0.4, -0.2) is 37.2 Å². The topological polar surface area (TPSA) is 78.9 Å². The van der Waals surface area contributed by atoms with Gasteiger partial charge in [-0.05, 0) is 103 Å². The smallest absolute Gasteiger partial charge is 0.306 e. The minimum atomic E-state index is -0.788. The lowest BCUT2D eigenvalue weighted by Crippen LogP contribution is -2.30. The van der Waals surface area contributed by atoms with E-state index in [1.54, 1.807) is 0 Å². The monoisotopic (exact) mass is 1140 g/mol. The van der Waals surface area contributed by atoms with E-state index >= 15 is 0 Å². The van der Waals surface area contributed by atoms with Crippen molar-refractivity contribution in [1.82, 2.24) is 0 Å². The summed E-state index contributed by atoms with van der Waals surface area (Å²) in [6.07, 6.45) is 94.2. The molecule has 0 amide bonds. The second-order valence-corrected chi connectivity index (χ2v) is 23.4. The molecule has 0 aromatic carbocycles. The van der Waals surface area contributed by atoms with E-state index in [0.717, 1.165) is 122 Å². The van der Waals surface area contributed by atoms with Gasteiger partial charge in [0.05, 0.1) is 0 Å². The molecule has 6 heteroatoms. The Bertz CT molecular complexity index is 1590. The van der Waals surface area contributed by atoms with Crippen LogP contribution in [0.2, 0.25) is 0 Å². The highest BCUT2D eigenvalue weighted by molar-refractivity contribution is 5.71. The fourth-order valence-corrected chi connectivity index (χ4v) is 10.1. The molecule has 0 saturated carbocycles. The summed E-state index contributed by atoms with van der Waals surface area (Å²) in [5.41, 5.74) is 0. The molecule has 1 unspecified atom stereocenters. The average molecular weight is 1140 g/mol. The molecule has 0 aliphatic rings. The fourth-order valence-electron chi connectivity index (χ4n) is 10.1. The first-order valence-electron chi connectivity index (χ1n) is 35.2. The third-order valence-corrected chi connectivity index (χ3v) is 15.3. The summed E-state index contributed by atoms with van der Waals surface area (Å²) in [5.74, 6) is -0.886. The Hall–Kier alpha value is -3.67. The van der Waals surface area contributed by atoms with Gasteiger partial charge in [-0.3, -0.25) is 14.4 Å². The maximum Gasteiger partial charge on any atom is 0.306 e. The third-order valence-electron chi connectivity index (χ3n) is 15.3. The average Bonchev–Trinajstić information content (AvgIpc) is 3.47. The molecule has 1 atom stereocenters. The van der Waals surface area contributed by atoms with Crippen LogP contribution in [0, 0.1) is 0 Å². The van der Waals surface area contributed by atoms with Crippen LogP contribution in [0.1, 0.15) is 348 Å². The third kappa shape index (κ3) is 67.1. The van der Waals surface area contributed by atoms with Crippen molar-refractivity contribution in [3.63, 3.8) is 0 Å². The van der Waals surface area contributed by atoms with Crippen molar-refractivity contribution in [3.05, 3.63) is 97.2 Å². The van der Waals surface area contributed by atoms with E-state index in [2.05, 4.69) is 118 Å². The van der Waals surface area contributed by atoms with Gasteiger partial charge in [-0.25, -0.2) is 0 Å². The Morgan fingerprint density at radius 1 is 0.256 bits per heavy atom. The van der Waals surface area contributed by atoms with Crippen LogP contribution in [0.15, 0.2) is 97.2 Å².